The summed E-state index contributed by atoms with van der Waals surface area (Å²) in [6, 6.07) is 0. The van der Waals surface area contributed by atoms with E-state index in [9.17, 15) is 14.4 Å². The van der Waals surface area contributed by atoms with Gasteiger partial charge >= 0.3 is 6.09 Å². The molecule has 30 heavy (non-hydrogen) atoms. The molecular weight excluding hydrogens is 386 g/mol. The minimum Gasteiger partial charge on any atom is -0.447 e. The van der Waals surface area contributed by atoms with Crippen molar-refractivity contribution in [3.63, 3.8) is 0 Å². The summed E-state index contributed by atoms with van der Waals surface area (Å²) in [4.78, 5) is 42.8. The summed E-state index contributed by atoms with van der Waals surface area (Å²) < 4.78 is 10.9. The minimum absolute atomic E-state index is 0.0395. The molecule has 172 valence electrons. The quantitative estimate of drug-likeness (QED) is 0.558. The first-order chi connectivity index (χ1) is 14.3. The first-order valence-corrected chi connectivity index (χ1v) is 11.3. The summed E-state index contributed by atoms with van der Waals surface area (Å²) >= 11 is 0. The Kier molecular flexibility index (Phi) is 9.88. The molecule has 8 nitrogen and oxygen atoms in total. The molecule has 3 amide bonds. The minimum atomic E-state index is -0.634. The number of likely N-dealkylation sites (tertiary alicyclic amines) is 2. The van der Waals surface area contributed by atoms with Crippen molar-refractivity contribution in [3.05, 3.63) is 0 Å². The number of hydrogen-bond acceptors (Lipinski definition) is 5. The van der Waals surface area contributed by atoms with Crippen molar-refractivity contribution in [2.24, 2.45) is 5.41 Å². The van der Waals surface area contributed by atoms with Crippen LogP contribution in [0, 0.1) is 5.41 Å². The molecule has 0 aliphatic carbocycles. The van der Waals surface area contributed by atoms with Gasteiger partial charge in [0, 0.05) is 26.2 Å². The summed E-state index contributed by atoms with van der Waals surface area (Å²) in [5.74, 6) is -0.246. The summed E-state index contributed by atoms with van der Waals surface area (Å²) in [5, 5.41) is 0. The zero-order chi connectivity index (χ0) is 22.0. The lowest BCUT2D eigenvalue weighted by Gasteiger charge is -2.31. The van der Waals surface area contributed by atoms with Gasteiger partial charge in [-0.05, 0) is 43.9 Å². The van der Waals surface area contributed by atoms with Gasteiger partial charge in [0.2, 0.25) is 11.8 Å². The molecule has 0 aromatic heterocycles. The van der Waals surface area contributed by atoms with E-state index in [2.05, 4.69) is 20.8 Å². The molecule has 2 aliphatic rings. The summed E-state index contributed by atoms with van der Waals surface area (Å²) in [6.45, 7) is 9.75. The van der Waals surface area contributed by atoms with Crippen LogP contribution in [0.1, 0.15) is 59.3 Å². The van der Waals surface area contributed by atoms with Crippen LogP contribution in [0.4, 0.5) is 4.79 Å². The van der Waals surface area contributed by atoms with E-state index < -0.39 is 6.09 Å². The van der Waals surface area contributed by atoms with Gasteiger partial charge in [-0.25, -0.2) is 4.79 Å². The largest absolute Gasteiger partial charge is 0.447 e. The van der Waals surface area contributed by atoms with Crippen LogP contribution in [0.3, 0.4) is 0 Å². The number of ether oxygens (including phenoxy) is 2. The van der Waals surface area contributed by atoms with Crippen molar-refractivity contribution in [3.8, 4) is 0 Å². The average molecular weight is 426 g/mol. The van der Waals surface area contributed by atoms with E-state index in [4.69, 9.17) is 9.47 Å². The Morgan fingerprint density at radius 2 is 1.23 bits per heavy atom. The van der Waals surface area contributed by atoms with Gasteiger partial charge in [-0.2, -0.15) is 0 Å². The normalized spacial score (nSPS) is 17.6. The van der Waals surface area contributed by atoms with E-state index in [1.165, 1.54) is 4.90 Å². The van der Waals surface area contributed by atoms with Gasteiger partial charge in [-0.15, -0.1) is 0 Å². The number of carbonyl (C=O) groups is 3. The van der Waals surface area contributed by atoms with Crippen molar-refractivity contribution in [1.29, 1.82) is 0 Å². The second kappa shape index (κ2) is 12.1. The van der Waals surface area contributed by atoms with E-state index >= 15 is 0 Å². The Bertz CT molecular complexity index is 532. The van der Waals surface area contributed by atoms with Crippen LogP contribution in [0.25, 0.3) is 0 Å². The van der Waals surface area contributed by atoms with Crippen LogP contribution in [-0.2, 0) is 19.1 Å². The molecule has 0 unspecified atom stereocenters. The smallest absolute Gasteiger partial charge is 0.410 e. The highest BCUT2D eigenvalue weighted by atomic mass is 16.6. The van der Waals surface area contributed by atoms with Crippen LogP contribution >= 0.6 is 0 Å². The molecule has 0 aromatic rings. The van der Waals surface area contributed by atoms with Crippen molar-refractivity contribution in [1.82, 2.24) is 14.7 Å². The Morgan fingerprint density at radius 3 is 1.67 bits per heavy atom. The average Bonchev–Trinajstić information content (AvgIpc) is 2.73. The summed E-state index contributed by atoms with van der Waals surface area (Å²) in [7, 11) is 0. The van der Waals surface area contributed by atoms with E-state index in [1.807, 2.05) is 0 Å². The predicted octanol–water partition coefficient (Wildman–Crippen LogP) is 2.51. The van der Waals surface area contributed by atoms with Crippen molar-refractivity contribution < 1.29 is 23.9 Å². The van der Waals surface area contributed by atoms with Crippen LogP contribution in [0.2, 0.25) is 0 Å². The molecule has 0 atom stereocenters. The molecule has 0 aromatic carbocycles. The Hall–Kier alpha value is -1.83. The summed E-state index contributed by atoms with van der Waals surface area (Å²) in [6.07, 6.45) is 5.53. The highest BCUT2D eigenvalue weighted by Crippen LogP contribution is 2.13. The molecule has 0 saturated carbocycles. The fraction of sp³-hybridized carbons (Fsp3) is 0.864. The van der Waals surface area contributed by atoms with E-state index in [0.29, 0.717) is 32.8 Å². The van der Waals surface area contributed by atoms with Gasteiger partial charge in [-0.3, -0.25) is 14.5 Å². The van der Waals surface area contributed by atoms with E-state index in [-0.39, 0.29) is 43.5 Å². The Balaban J connectivity index is 1.88. The second-order valence-electron chi connectivity index (χ2n) is 9.47. The Morgan fingerprint density at radius 1 is 0.767 bits per heavy atom. The second-order valence-corrected chi connectivity index (χ2v) is 9.47. The molecule has 2 saturated heterocycles. The molecule has 8 heteroatoms. The summed E-state index contributed by atoms with van der Waals surface area (Å²) in [5.41, 5.74) is 0.0395. The van der Waals surface area contributed by atoms with Crippen molar-refractivity contribution in [2.45, 2.75) is 59.3 Å². The SMILES string of the molecule is CC(C)(C)COCCOC(=O)N(CC(=O)N1CCCCC1)CC(=O)N1CCCCC1. The first-order valence-electron chi connectivity index (χ1n) is 11.3. The zero-order valence-electron chi connectivity index (χ0n) is 19.0. The number of carbonyl (C=O) groups excluding carboxylic acids is 3. The van der Waals surface area contributed by atoms with E-state index in [1.54, 1.807) is 9.80 Å². The lowest BCUT2D eigenvalue weighted by atomic mass is 9.99. The number of hydrogen-bond donors (Lipinski definition) is 0. The fourth-order valence-electron chi connectivity index (χ4n) is 3.66. The van der Waals surface area contributed by atoms with Gasteiger partial charge in [0.1, 0.15) is 19.7 Å². The van der Waals surface area contributed by atoms with Crippen LogP contribution < -0.4 is 0 Å². The number of rotatable bonds is 8. The topological polar surface area (TPSA) is 79.4 Å². The third kappa shape index (κ3) is 8.90. The van der Waals surface area contributed by atoms with E-state index in [0.717, 1.165) is 38.5 Å². The standard InChI is InChI=1S/C22H39N3O5/c1-22(2,3)18-29-14-15-30-21(28)25(16-19(26)23-10-6-4-7-11-23)17-20(27)24-12-8-5-9-13-24/h4-18H2,1-3H3. The van der Waals surface area contributed by atoms with Gasteiger partial charge in [0.05, 0.1) is 13.2 Å². The molecule has 2 rings (SSSR count). The molecule has 2 aliphatic heterocycles. The fourth-order valence-corrected chi connectivity index (χ4v) is 3.66. The lowest BCUT2D eigenvalue weighted by Crippen LogP contribution is -2.49. The van der Waals surface area contributed by atoms with Gasteiger partial charge in [0.15, 0.2) is 0 Å². The monoisotopic (exact) mass is 425 g/mol. The lowest BCUT2D eigenvalue weighted by molar-refractivity contribution is -0.136. The van der Waals surface area contributed by atoms with Gasteiger partial charge in [-0.1, -0.05) is 20.8 Å². The molecule has 0 bridgehead atoms. The maximum atomic E-state index is 12.7. The number of amides is 3. The predicted molar refractivity (Wildman–Crippen MR) is 114 cm³/mol. The highest BCUT2D eigenvalue weighted by Gasteiger charge is 2.27. The number of piperidine rings is 2. The molecule has 0 N–H and O–H groups in total. The third-order valence-electron chi connectivity index (χ3n) is 5.32. The van der Waals surface area contributed by atoms with Crippen molar-refractivity contribution in [2.75, 3.05) is 59.1 Å². The molecule has 2 heterocycles. The Labute approximate surface area is 180 Å². The highest BCUT2D eigenvalue weighted by molar-refractivity contribution is 5.87. The van der Waals surface area contributed by atoms with Crippen LogP contribution in [-0.4, -0.2) is 91.7 Å². The molecule has 0 spiro atoms. The maximum absolute atomic E-state index is 12.7. The van der Waals surface area contributed by atoms with Crippen LogP contribution in [0.5, 0.6) is 0 Å². The van der Waals surface area contributed by atoms with Crippen molar-refractivity contribution >= 4 is 17.9 Å². The molecule has 2 fully saturated rings. The molecule has 0 radical (unpaired) electrons. The first kappa shape index (κ1) is 24.4. The molecular formula is C22H39N3O5. The zero-order valence-corrected chi connectivity index (χ0v) is 19.0. The van der Waals surface area contributed by atoms with Gasteiger partial charge in [0.25, 0.3) is 0 Å². The maximum Gasteiger partial charge on any atom is 0.410 e. The van der Waals surface area contributed by atoms with Gasteiger partial charge < -0.3 is 19.3 Å². The number of nitrogens with zero attached hydrogens (tertiary/aromatic N) is 3. The third-order valence-corrected chi connectivity index (χ3v) is 5.32. The van der Waals surface area contributed by atoms with Crippen LogP contribution in [0.15, 0.2) is 0 Å².